The van der Waals surface area contributed by atoms with Gasteiger partial charge in [0.05, 0.1) is 17.8 Å². The van der Waals surface area contributed by atoms with Crippen LogP contribution in [-0.4, -0.2) is 20.7 Å². The van der Waals surface area contributed by atoms with E-state index in [1.54, 1.807) is 0 Å². The van der Waals surface area contributed by atoms with Gasteiger partial charge in [-0.2, -0.15) is 5.10 Å². The summed E-state index contributed by atoms with van der Waals surface area (Å²) in [4.78, 5) is 17.1. The smallest absolute Gasteiger partial charge is 0.230 e. The number of hydrogen-bond donors (Lipinski definition) is 1. The fraction of sp³-hybridized carbons (Fsp3) is 0.240. The second-order valence-electron chi connectivity index (χ2n) is 7.88. The highest BCUT2D eigenvalue weighted by Crippen LogP contribution is 2.24. The molecule has 158 valence electrons. The van der Waals surface area contributed by atoms with Gasteiger partial charge in [0.1, 0.15) is 0 Å². The minimum atomic E-state index is -0.0698. The Hall–Kier alpha value is -3.25. The second kappa shape index (κ2) is 8.86. The van der Waals surface area contributed by atoms with Crippen molar-refractivity contribution in [3.8, 4) is 5.13 Å². The molecule has 1 amide bonds. The molecule has 1 N–H and O–H groups in total. The Bertz CT molecular complexity index is 1220. The summed E-state index contributed by atoms with van der Waals surface area (Å²) >= 11 is 1.51. The zero-order chi connectivity index (χ0) is 22.0. The molecule has 2 heterocycles. The first-order chi connectivity index (χ1) is 14.9. The molecule has 4 aromatic rings. The molecule has 31 heavy (non-hydrogen) atoms. The predicted octanol–water partition coefficient (Wildman–Crippen LogP) is 5.33. The number of amides is 1. The summed E-state index contributed by atoms with van der Waals surface area (Å²) in [7, 11) is 0. The lowest BCUT2D eigenvalue weighted by atomic mass is 10.0. The summed E-state index contributed by atoms with van der Waals surface area (Å²) < 4.78 is 1.90. The fourth-order valence-corrected chi connectivity index (χ4v) is 4.40. The van der Waals surface area contributed by atoms with E-state index in [0.29, 0.717) is 0 Å². The van der Waals surface area contributed by atoms with Crippen molar-refractivity contribution in [1.29, 1.82) is 0 Å². The topological polar surface area (TPSA) is 59.8 Å². The van der Waals surface area contributed by atoms with Crippen molar-refractivity contribution in [3.05, 3.63) is 93.2 Å². The van der Waals surface area contributed by atoms with E-state index >= 15 is 0 Å². The van der Waals surface area contributed by atoms with Gasteiger partial charge in [0, 0.05) is 28.7 Å². The molecule has 6 heteroatoms. The third-order valence-electron chi connectivity index (χ3n) is 5.42. The number of hydrogen-bond acceptors (Lipinski definition) is 4. The standard InChI is InChI=1S/C25H26N4OS/c1-16-9-11-20(12-10-16)13-22-18(3)28-29(19(22)4)25-26-21(15-31-25)14-24(30)27-23-8-6-5-7-17(23)2/h5-12,15H,13-14H2,1-4H3,(H,27,30). The van der Waals surface area contributed by atoms with Gasteiger partial charge in [0.2, 0.25) is 11.0 Å². The van der Waals surface area contributed by atoms with Crippen LogP contribution in [0, 0.1) is 27.7 Å². The first-order valence-corrected chi connectivity index (χ1v) is 11.2. The number of benzene rings is 2. The van der Waals surface area contributed by atoms with Crippen LogP contribution in [0.2, 0.25) is 0 Å². The van der Waals surface area contributed by atoms with Gasteiger partial charge in [-0.3, -0.25) is 4.79 Å². The second-order valence-corrected chi connectivity index (χ2v) is 8.72. The van der Waals surface area contributed by atoms with Gasteiger partial charge < -0.3 is 5.32 Å². The molecule has 2 aromatic carbocycles. The highest BCUT2D eigenvalue weighted by atomic mass is 32.1. The maximum Gasteiger partial charge on any atom is 0.230 e. The van der Waals surface area contributed by atoms with Crippen molar-refractivity contribution in [2.75, 3.05) is 5.32 Å². The highest BCUT2D eigenvalue weighted by Gasteiger charge is 2.16. The summed E-state index contributed by atoms with van der Waals surface area (Å²) in [5.74, 6) is -0.0698. The van der Waals surface area contributed by atoms with Crippen molar-refractivity contribution in [1.82, 2.24) is 14.8 Å². The number of rotatable bonds is 6. The van der Waals surface area contributed by atoms with E-state index < -0.39 is 0 Å². The molecular weight excluding hydrogens is 404 g/mol. The Morgan fingerprint density at radius 2 is 1.77 bits per heavy atom. The Balaban J connectivity index is 1.49. The minimum absolute atomic E-state index is 0.0698. The molecule has 0 unspecified atom stereocenters. The molecule has 0 aliphatic heterocycles. The van der Waals surface area contributed by atoms with E-state index in [2.05, 4.69) is 48.4 Å². The molecular formula is C25H26N4OS. The minimum Gasteiger partial charge on any atom is -0.326 e. The van der Waals surface area contributed by atoms with Crippen LogP contribution in [0.4, 0.5) is 5.69 Å². The number of nitrogens with one attached hydrogen (secondary N) is 1. The van der Waals surface area contributed by atoms with Crippen molar-refractivity contribution >= 4 is 22.9 Å². The van der Waals surface area contributed by atoms with Crippen LogP contribution < -0.4 is 5.32 Å². The molecule has 0 spiro atoms. The SMILES string of the molecule is Cc1ccc(Cc2c(C)nn(-c3nc(CC(=O)Nc4ccccc4C)cs3)c2C)cc1. The van der Waals surface area contributed by atoms with Gasteiger partial charge in [-0.15, -0.1) is 11.3 Å². The Kier molecular flexibility index (Phi) is 6.00. The van der Waals surface area contributed by atoms with E-state index in [9.17, 15) is 4.79 Å². The molecule has 0 bridgehead atoms. The normalized spacial score (nSPS) is 11.0. The Labute approximate surface area is 186 Å². The number of carbonyl (C=O) groups excluding carboxylic acids is 1. The van der Waals surface area contributed by atoms with Crippen LogP contribution in [0.15, 0.2) is 53.9 Å². The predicted molar refractivity (Wildman–Crippen MR) is 126 cm³/mol. The van der Waals surface area contributed by atoms with Crippen LogP contribution in [0.25, 0.3) is 5.13 Å². The molecule has 0 aliphatic carbocycles. The quantitative estimate of drug-likeness (QED) is 0.449. The summed E-state index contributed by atoms with van der Waals surface area (Å²) in [6.45, 7) is 8.19. The number of aromatic nitrogens is 3. The van der Waals surface area contributed by atoms with Gasteiger partial charge in [-0.1, -0.05) is 48.0 Å². The molecule has 5 nitrogen and oxygen atoms in total. The van der Waals surface area contributed by atoms with E-state index in [0.717, 1.165) is 39.9 Å². The van der Waals surface area contributed by atoms with E-state index in [1.807, 2.05) is 48.2 Å². The lowest BCUT2D eigenvalue weighted by Gasteiger charge is -2.07. The number of thiazole rings is 1. The summed E-state index contributed by atoms with van der Waals surface area (Å²) in [5.41, 5.74) is 8.46. The van der Waals surface area contributed by atoms with Crippen molar-refractivity contribution in [2.24, 2.45) is 0 Å². The summed E-state index contributed by atoms with van der Waals surface area (Å²) in [6, 6.07) is 16.4. The van der Waals surface area contributed by atoms with Crippen LogP contribution in [0.1, 0.15) is 39.3 Å². The van der Waals surface area contributed by atoms with Gasteiger partial charge >= 0.3 is 0 Å². The zero-order valence-electron chi connectivity index (χ0n) is 18.3. The summed E-state index contributed by atoms with van der Waals surface area (Å²) in [6.07, 6.45) is 1.08. The highest BCUT2D eigenvalue weighted by molar-refractivity contribution is 7.12. The third-order valence-corrected chi connectivity index (χ3v) is 6.29. The van der Waals surface area contributed by atoms with Crippen LogP contribution in [0.3, 0.4) is 0 Å². The van der Waals surface area contributed by atoms with E-state index in [-0.39, 0.29) is 12.3 Å². The Morgan fingerprint density at radius 3 is 2.52 bits per heavy atom. The average molecular weight is 431 g/mol. The van der Waals surface area contributed by atoms with Crippen LogP contribution in [0.5, 0.6) is 0 Å². The van der Waals surface area contributed by atoms with Crippen molar-refractivity contribution in [2.45, 2.75) is 40.5 Å². The number of anilines is 1. The maximum absolute atomic E-state index is 12.5. The molecule has 2 aromatic heterocycles. The zero-order valence-corrected chi connectivity index (χ0v) is 19.1. The van der Waals surface area contributed by atoms with Crippen molar-refractivity contribution < 1.29 is 4.79 Å². The number of para-hydroxylation sites is 1. The van der Waals surface area contributed by atoms with Crippen LogP contribution in [-0.2, 0) is 17.6 Å². The van der Waals surface area contributed by atoms with Gasteiger partial charge in [-0.25, -0.2) is 9.67 Å². The van der Waals surface area contributed by atoms with E-state index in [1.165, 1.54) is 28.0 Å². The molecule has 0 saturated carbocycles. The van der Waals surface area contributed by atoms with Crippen LogP contribution >= 0.6 is 11.3 Å². The van der Waals surface area contributed by atoms with E-state index in [4.69, 9.17) is 5.10 Å². The third kappa shape index (κ3) is 4.75. The van der Waals surface area contributed by atoms with Gasteiger partial charge in [0.15, 0.2) is 0 Å². The maximum atomic E-state index is 12.5. The lowest BCUT2D eigenvalue weighted by molar-refractivity contribution is -0.115. The lowest BCUT2D eigenvalue weighted by Crippen LogP contribution is -2.15. The van der Waals surface area contributed by atoms with Crippen molar-refractivity contribution in [3.63, 3.8) is 0 Å². The largest absolute Gasteiger partial charge is 0.326 e. The number of aryl methyl sites for hydroxylation is 3. The number of nitrogens with zero attached hydrogens (tertiary/aromatic N) is 3. The molecule has 0 radical (unpaired) electrons. The fourth-order valence-electron chi connectivity index (χ4n) is 3.57. The molecule has 0 atom stereocenters. The first kappa shape index (κ1) is 21.0. The average Bonchev–Trinajstić information content (AvgIpc) is 3.30. The number of carbonyl (C=O) groups is 1. The first-order valence-electron chi connectivity index (χ1n) is 10.3. The summed E-state index contributed by atoms with van der Waals surface area (Å²) in [5, 5.41) is 10.4. The molecule has 0 fully saturated rings. The molecule has 0 aliphatic rings. The molecule has 0 saturated heterocycles. The van der Waals surface area contributed by atoms with Gasteiger partial charge in [0.25, 0.3) is 0 Å². The van der Waals surface area contributed by atoms with Gasteiger partial charge in [-0.05, 0) is 44.9 Å². The Morgan fingerprint density at radius 1 is 1.03 bits per heavy atom. The monoisotopic (exact) mass is 430 g/mol. The molecule has 4 rings (SSSR count).